The average molecular weight is 1210 g/mol. The number of methoxy groups -OCH3 is 4. The summed E-state index contributed by atoms with van der Waals surface area (Å²) in [5.74, 6) is -18.9. The van der Waals surface area contributed by atoms with E-state index in [1.54, 1.807) is 6.92 Å². The highest BCUT2D eigenvalue weighted by atomic mass is 16.5. The summed E-state index contributed by atoms with van der Waals surface area (Å²) in [5, 5.41) is 49.1. The first kappa shape index (κ1) is 66.7. The van der Waals surface area contributed by atoms with Crippen molar-refractivity contribution in [1.29, 1.82) is 0 Å². The number of phenolic OH excluding ortho intramolecular Hbond substituents is 3. The van der Waals surface area contributed by atoms with Gasteiger partial charge in [0.1, 0.15) is 11.5 Å². The number of esters is 4. The van der Waals surface area contributed by atoms with E-state index in [0.29, 0.717) is 0 Å². The van der Waals surface area contributed by atoms with Gasteiger partial charge in [0.2, 0.25) is 11.8 Å². The Bertz CT molecular complexity index is 3290. The molecule has 87 heavy (non-hydrogen) atoms. The molecule has 7 rings (SSSR count). The van der Waals surface area contributed by atoms with Crippen LogP contribution < -0.4 is 43.8 Å². The largest absolute Gasteiger partial charge is 0.507 e. The molecule has 0 radical (unpaired) electrons. The van der Waals surface area contributed by atoms with Crippen molar-refractivity contribution in [3.05, 3.63) is 75.3 Å². The van der Waals surface area contributed by atoms with Gasteiger partial charge in [0.25, 0.3) is 17.7 Å². The molecule has 3 aromatic carbocycles. The van der Waals surface area contributed by atoms with E-state index in [9.17, 15) is 72.9 Å². The first-order valence-electron chi connectivity index (χ1n) is 27.4. The number of aromatic hydroxyl groups is 3. The van der Waals surface area contributed by atoms with Crippen LogP contribution in [0.1, 0.15) is 98.8 Å². The van der Waals surface area contributed by atoms with Crippen LogP contribution in [-0.4, -0.2) is 157 Å². The van der Waals surface area contributed by atoms with Gasteiger partial charge in [-0.15, -0.1) is 0 Å². The zero-order chi connectivity index (χ0) is 64.3. The zero-order valence-electron chi connectivity index (χ0n) is 48.0. The van der Waals surface area contributed by atoms with Crippen molar-refractivity contribution in [3.8, 4) is 17.2 Å². The van der Waals surface area contributed by atoms with E-state index in [4.69, 9.17) is 45.7 Å². The maximum absolute atomic E-state index is 14.9. The van der Waals surface area contributed by atoms with Crippen molar-refractivity contribution in [2.45, 2.75) is 107 Å². The molecule has 3 saturated carbocycles. The van der Waals surface area contributed by atoms with Gasteiger partial charge in [-0.2, -0.15) is 9.59 Å². The molecule has 4 aliphatic rings. The predicted octanol–water partition coefficient (Wildman–Crippen LogP) is -0.914. The Labute approximate surface area is 496 Å². The number of hydrogen-bond acceptors (Lipinski definition) is 24. The van der Waals surface area contributed by atoms with Crippen LogP contribution in [0.5, 0.6) is 17.2 Å². The number of benzene rings is 3. The molecule has 12 unspecified atom stereocenters. The first-order chi connectivity index (χ1) is 41.2. The lowest BCUT2D eigenvalue weighted by atomic mass is 9.72. The third kappa shape index (κ3) is 15.7. The van der Waals surface area contributed by atoms with Crippen molar-refractivity contribution in [3.63, 3.8) is 0 Å². The fourth-order valence-corrected chi connectivity index (χ4v) is 11.7. The molecule has 3 aliphatic carbocycles. The number of nitrogens with one attached hydrogen (secondary N) is 5. The molecular weight excluding hydrogens is 1140 g/mol. The molecule has 0 saturated heterocycles. The monoisotopic (exact) mass is 1210 g/mol. The summed E-state index contributed by atoms with van der Waals surface area (Å²) >= 11 is 0. The van der Waals surface area contributed by atoms with Crippen molar-refractivity contribution in [1.82, 2.24) is 16.0 Å². The molecule has 466 valence electrons. The second kappa shape index (κ2) is 29.1. The Morgan fingerprint density at radius 1 is 0.540 bits per heavy atom. The topological polar surface area (TPSA) is 475 Å². The van der Waals surface area contributed by atoms with Crippen molar-refractivity contribution >= 4 is 88.8 Å². The minimum atomic E-state index is -1.44. The Morgan fingerprint density at radius 2 is 0.920 bits per heavy atom. The minimum Gasteiger partial charge on any atom is -0.507 e. The number of carbonyl (C=O) groups excluding carboxylic acids is 14. The van der Waals surface area contributed by atoms with Gasteiger partial charge in [-0.25, -0.2) is 0 Å². The molecular formula is C58H68N8O21. The molecule has 3 aromatic rings. The Hall–Kier alpha value is -9.44. The molecule has 0 spiro atoms. The van der Waals surface area contributed by atoms with Crippen LogP contribution >= 0.6 is 0 Å². The van der Waals surface area contributed by atoms with E-state index in [1.165, 1.54) is 12.1 Å². The van der Waals surface area contributed by atoms with E-state index in [0.717, 1.165) is 52.7 Å². The number of rotatable bonds is 9. The summed E-state index contributed by atoms with van der Waals surface area (Å²) in [4.78, 5) is 180. The van der Waals surface area contributed by atoms with Crippen molar-refractivity contribution in [2.24, 2.45) is 52.7 Å². The van der Waals surface area contributed by atoms with E-state index in [1.807, 2.05) is 0 Å². The van der Waals surface area contributed by atoms with Gasteiger partial charge in [-0.3, -0.25) is 57.5 Å². The molecule has 6 bridgehead atoms. The maximum atomic E-state index is 14.9. The molecule has 29 nitrogen and oxygen atoms in total. The smallest absolute Gasteiger partial charge is 0.373 e. The quantitative estimate of drug-likeness (QED) is 0.0406. The number of Topliss-reactive ketones (excluding diaryl/α,β-unsaturated/α-hetero) is 2. The van der Waals surface area contributed by atoms with Crippen LogP contribution in [0.15, 0.2) is 36.4 Å². The number of phenols is 3. The van der Waals surface area contributed by atoms with E-state index >= 15 is 0 Å². The SMILES string of the molecule is COC(=O)Cc1cc2c(O)c(c1)C(=O)NC1CC(N)C(C)CC1C(=O)Nc1cc(CC(=O)C=O)cc(c1O)C(=O)NC1CC(N)C(C(=O)OC)CC1C(=O)Nc1cc(CC(=O)OC)cc(c1O)C(=O)NC1CC(N)C(C(=O)OC)CC1C(=O)C2.O=C=O. The van der Waals surface area contributed by atoms with Gasteiger partial charge < -0.3 is 78.1 Å². The van der Waals surface area contributed by atoms with Gasteiger partial charge in [0.05, 0.1) is 93.0 Å². The number of carbonyl (C=O) groups is 12. The average Bonchev–Trinajstić information content (AvgIpc) is 1.89. The third-order valence-electron chi connectivity index (χ3n) is 16.4. The predicted molar refractivity (Wildman–Crippen MR) is 298 cm³/mol. The second-order valence-corrected chi connectivity index (χ2v) is 21.9. The number of hydrogen-bond donors (Lipinski definition) is 11. The van der Waals surface area contributed by atoms with Crippen LogP contribution in [0.4, 0.5) is 11.4 Å². The van der Waals surface area contributed by atoms with Gasteiger partial charge in [-0.05, 0) is 91.5 Å². The number of ketones is 2. The summed E-state index contributed by atoms with van der Waals surface area (Å²) in [7, 11) is 4.41. The second-order valence-electron chi connectivity index (χ2n) is 21.9. The van der Waals surface area contributed by atoms with Crippen LogP contribution in [-0.2, 0) is 97.4 Å². The molecule has 14 N–H and O–H groups in total. The van der Waals surface area contributed by atoms with E-state index in [-0.39, 0.29) is 72.7 Å². The molecule has 1 heterocycles. The van der Waals surface area contributed by atoms with Crippen LogP contribution in [0.3, 0.4) is 0 Å². The number of aldehydes is 1. The Morgan fingerprint density at radius 3 is 1.34 bits per heavy atom. The highest BCUT2D eigenvalue weighted by Gasteiger charge is 2.46. The zero-order valence-corrected chi connectivity index (χ0v) is 48.0. The van der Waals surface area contributed by atoms with Gasteiger partial charge in [0, 0.05) is 60.6 Å². The molecule has 12 atom stereocenters. The van der Waals surface area contributed by atoms with Gasteiger partial charge in [0.15, 0.2) is 23.6 Å². The van der Waals surface area contributed by atoms with Gasteiger partial charge in [-0.1, -0.05) is 13.0 Å². The molecule has 0 aromatic heterocycles. The summed E-state index contributed by atoms with van der Waals surface area (Å²) in [6.45, 7) is 1.76. The molecule has 29 heteroatoms. The summed E-state index contributed by atoms with van der Waals surface area (Å²) in [5.41, 5.74) is 16.9. The van der Waals surface area contributed by atoms with E-state index in [2.05, 4.69) is 26.6 Å². The van der Waals surface area contributed by atoms with Crippen LogP contribution in [0.25, 0.3) is 0 Å². The molecule has 3 fully saturated rings. The third-order valence-corrected chi connectivity index (χ3v) is 16.4. The standard InChI is InChI=1S/C57H68N8O19.CO2/c1-23-6-32-41(19-37(23)58)62-53(76)34-9-24(14-46(69)81-2)7-27(48(34)71)16-45(68)31-17-29(56(79)83-4)38(59)20-40(31)61-54(77)36-11-26(15-47(70)82-3)13-44(50(36)73)65-52(75)33-18-30(57(80)84-5)39(60)21-42(33)63-55(78)35-10-25(8-28(67)22-66)12-43(49(35)72)64-51(32)74;2-1-3/h7,9-13,22-23,29-33,37-42,71-73H,6,8,14-21,58-60H2,1-5H3,(H,61,77)(H,62,76)(H,63,78)(H,64,74)(H,65,75);. The molecule has 1 aliphatic heterocycles. The number of nitrogens with two attached hydrogens (primary N) is 3. The van der Waals surface area contributed by atoms with Crippen LogP contribution in [0, 0.1) is 35.5 Å². The lowest BCUT2D eigenvalue weighted by Gasteiger charge is -2.38. The number of ether oxygens (including phenoxy) is 4. The summed E-state index contributed by atoms with van der Waals surface area (Å²) < 4.78 is 19.7. The number of anilines is 2. The van der Waals surface area contributed by atoms with Crippen molar-refractivity contribution < 1.29 is 101 Å². The number of amides is 5. The lowest BCUT2D eigenvalue weighted by Crippen LogP contribution is -2.55. The molecule has 5 amide bonds. The summed E-state index contributed by atoms with van der Waals surface area (Å²) in [6, 6.07) is 0.538. The highest BCUT2D eigenvalue weighted by Crippen LogP contribution is 2.39. The van der Waals surface area contributed by atoms with Crippen LogP contribution in [0.2, 0.25) is 0 Å². The minimum absolute atomic E-state index is 0.00387. The Kier molecular flexibility index (Phi) is 22.3. The Balaban J connectivity index is 0.00000395. The fraction of sp³-hybridized carbons (Fsp3) is 0.466. The normalized spacial score (nSPS) is 25.9. The first-order valence-corrected chi connectivity index (χ1v) is 27.4. The van der Waals surface area contributed by atoms with Crippen molar-refractivity contribution in [2.75, 3.05) is 39.1 Å². The number of fused-ring (bicyclic) bond motifs is 9. The fourth-order valence-electron chi connectivity index (χ4n) is 11.7. The lowest BCUT2D eigenvalue weighted by molar-refractivity contribution is -0.192. The van der Waals surface area contributed by atoms with Gasteiger partial charge >= 0.3 is 30.0 Å². The van der Waals surface area contributed by atoms with E-state index < -0.39 is 208 Å². The summed E-state index contributed by atoms with van der Waals surface area (Å²) in [6.07, 6.45) is -3.37. The maximum Gasteiger partial charge on any atom is 0.373 e. The highest BCUT2D eigenvalue weighted by molar-refractivity contribution is 6.25.